The van der Waals surface area contributed by atoms with E-state index in [1.54, 1.807) is 60.7 Å². The second kappa shape index (κ2) is 8.92. The minimum absolute atomic E-state index is 0.0408. The fourth-order valence-electron chi connectivity index (χ4n) is 3.63. The first-order valence-corrected chi connectivity index (χ1v) is 10.1. The summed E-state index contributed by atoms with van der Waals surface area (Å²) in [5, 5.41) is 21.7. The van der Waals surface area contributed by atoms with E-state index < -0.39 is 23.4 Å². The van der Waals surface area contributed by atoms with Crippen LogP contribution in [0.25, 0.3) is 16.9 Å². The molecule has 0 aliphatic carbocycles. The Morgan fingerprint density at radius 2 is 1.39 bits per heavy atom. The van der Waals surface area contributed by atoms with E-state index in [1.807, 2.05) is 6.07 Å². The smallest absolute Gasteiger partial charge is 0.337 e. The Morgan fingerprint density at radius 3 is 1.97 bits per heavy atom. The third-order valence-electron chi connectivity index (χ3n) is 5.29. The first-order valence-electron chi connectivity index (χ1n) is 10.1. The molecule has 2 N–H and O–H groups in total. The number of carbonyl (C=O) groups excluding carboxylic acids is 2. The zero-order valence-electron chi connectivity index (χ0n) is 18.0. The van der Waals surface area contributed by atoms with E-state index in [4.69, 9.17) is 9.47 Å². The molecular weight excluding hydrogens is 422 g/mol. The molecule has 0 amide bonds. The van der Waals surface area contributed by atoms with Crippen LogP contribution in [-0.4, -0.2) is 40.8 Å². The van der Waals surface area contributed by atoms with Crippen molar-refractivity contribution < 1.29 is 29.3 Å². The highest BCUT2D eigenvalue weighted by atomic mass is 16.5. The number of ketones is 1. The van der Waals surface area contributed by atoms with Gasteiger partial charge in [-0.05, 0) is 54.1 Å². The van der Waals surface area contributed by atoms with Crippen molar-refractivity contribution in [2.24, 2.45) is 0 Å². The van der Waals surface area contributed by atoms with Crippen LogP contribution >= 0.6 is 0 Å². The molecular formula is C26H21NO6. The van der Waals surface area contributed by atoms with E-state index in [2.05, 4.69) is 0 Å². The molecule has 0 unspecified atom stereocenters. The van der Waals surface area contributed by atoms with Gasteiger partial charge in [0.1, 0.15) is 5.75 Å². The van der Waals surface area contributed by atoms with Crippen LogP contribution in [-0.2, 0) is 4.74 Å². The molecule has 4 aromatic rings. The van der Waals surface area contributed by atoms with E-state index in [1.165, 1.54) is 30.9 Å². The Labute approximate surface area is 190 Å². The first kappa shape index (κ1) is 21.7. The van der Waals surface area contributed by atoms with Crippen molar-refractivity contribution in [1.29, 1.82) is 0 Å². The standard InChI is InChI=1S/C26H21NO6/c1-32-20-14-10-17(11-15-20)23(28)21-22(16-6-4-3-5-7-16)27(25(30)24(21)29)19-12-8-18(9-13-19)26(31)33-2/h3-15,29-30H,1-2H3. The number of esters is 1. The maximum atomic E-state index is 13.5. The first-order chi connectivity index (χ1) is 16.0. The molecule has 0 aliphatic heterocycles. The molecule has 0 fully saturated rings. The van der Waals surface area contributed by atoms with Crippen LogP contribution < -0.4 is 4.74 Å². The monoisotopic (exact) mass is 443 g/mol. The van der Waals surface area contributed by atoms with Gasteiger partial charge in [-0.2, -0.15) is 0 Å². The fourth-order valence-corrected chi connectivity index (χ4v) is 3.63. The molecule has 0 atom stereocenters. The van der Waals surface area contributed by atoms with Crippen molar-refractivity contribution in [2.75, 3.05) is 14.2 Å². The molecule has 33 heavy (non-hydrogen) atoms. The number of hydrogen-bond acceptors (Lipinski definition) is 6. The van der Waals surface area contributed by atoms with Gasteiger partial charge in [-0.1, -0.05) is 30.3 Å². The summed E-state index contributed by atoms with van der Waals surface area (Å²) in [6.45, 7) is 0. The third-order valence-corrected chi connectivity index (χ3v) is 5.29. The van der Waals surface area contributed by atoms with Crippen molar-refractivity contribution >= 4 is 11.8 Å². The Morgan fingerprint density at radius 1 is 0.788 bits per heavy atom. The molecule has 4 rings (SSSR count). The van der Waals surface area contributed by atoms with Crippen LogP contribution in [0.5, 0.6) is 17.4 Å². The zero-order valence-corrected chi connectivity index (χ0v) is 18.0. The molecule has 0 saturated heterocycles. The zero-order chi connectivity index (χ0) is 23.5. The van der Waals surface area contributed by atoms with Gasteiger partial charge < -0.3 is 19.7 Å². The van der Waals surface area contributed by atoms with Crippen LogP contribution in [0.2, 0.25) is 0 Å². The van der Waals surface area contributed by atoms with Gasteiger partial charge >= 0.3 is 5.97 Å². The molecule has 7 heteroatoms. The SMILES string of the molecule is COC(=O)c1ccc(-n2c(O)c(O)c(C(=O)c3ccc(OC)cc3)c2-c2ccccc2)cc1. The minimum atomic E-state index is -0.535. The van der Waals surface area contributed by atoms with Crippen molar-refractivity contribution in [3.63, 3.8) is 0 Å². The molecule has 0 spiro atoms. The van der Waals surface area contributed by atoms with Gasteiger partial charge in [-0.25, -0.2) is 4.79 Å². The summed E-state index contributed by atoms with van der Waals surface area (Å²) in [4.78, 5) is 25.2. The van der Waals surface area contributed by atoms with Crippen LogP contribution in [0.15, 0.2) is 78.9 Å². The largest absolute Gasteiger partial charge is 0.503 e. The topological polar surface area (TPSA) is 98.0 Å². The second-order valence-electron chi connectivity index (χ2n) is 7.19. The average molecular weight is 443 g/mol. The van der Waals surface area contributed by atoms with Crippen LogP contribution in [0.1, 0.15) is 26.3 Å². The van der Waals surface area contributed by atoms with Crippen LogP contribution in [0.4, 0.5) is 0 Å². The molecule has 166 valence electrons. The van der Waals surface area contributed by atoms with Crippen LogP contribution in [0, 0.1) is 0 Å². The maximum absolute atomic E-state index is 13.5. The molecule has 0 bridgehead atoms. The third kappa shape index (κ3) is 3.92. The number of carbonyl (C=O) groups is 2. The Kier molecular flexibility index (Phi) is 5.87. The van der Waals surface area contributed by atoms with Gasteiger partial charge in [-0.3, -0.25) is 9.36 Å². The summed E-state index contributed by atoms with van der Waals surface area (Å²) in [5.74, 6) is -1.40. The lowest BCUT2D eigenvalue weighted by Crippen LogP contribution is -2.05. The van der Waals surface area contributed by atoms with Gasteiger partial charge in [0.2, 0.25) is 5.88 Å². The fraction of sp³-hybridized carbons (Fsp3) is 0.0769. The Balaban J connectivity index is 1.92. The molecule has 1 heterocycles. The lowest BCUT2D eigenvalue weighted by molar-refractivity contribution is 0.0600. The van der Waals surface area contributed by atoms with Gasteiger partial charge in [-0.15, -0.1) is 0 Å². The van der Waals surface area contributed by atoms with E-state index in [9.17, 15) is 19.8 Å². The number of aromatic hydroxyl groups is 2. The van der Waals surface area contributed by atoms with Gasteiger partial charge in [0.25, 0.3) is 0 Å². The molecule has 7 nitrogen and oxygen atoms in total. The van der Waals surface area contributed by atoms with Gasteiger partial charge in [0.15, 0.2) is 11.5 Å². The lowest BCUT2D eigenvalue weighted by Gasteiger charge is -2.12. The predicted octanol–water partition coefficient (Wildman–Crippen LogP) is 4.58. The summed E-state index contributed by atoms with van der Waals surface area (Å²) >= 11 is 0. The highest BCUT2D eigenvalue weighted by Gasteiger charge is 2.29. The van der Waals surface area contributed by atoms with E-state index in [0.717, 1.165) is 0 Å². The van der Waals surface area contributed by atoms with E-state index >= 15 is 0 Å². The second-order valence-corrected chi connectivity index (χ2v) is 7.19. The molecule has 0 saturated carbocycles. The van der Waals surface area contributed by atoms with E-state index in [0.29, 0.717) is 33.8 Å². The Bertz CT molecular complexity index is 1310. The van der Waals surface area contributed by atoms with E-state index in [-0.39, 0.29) is 5.56 Å². The summed E-state index contributed by atoms with van der Waals surface area (Å²) in [5.41, 5.74) is 1.98. The van der Waals surface area contributed by atoms with Crippen LogP contribution in [0.3, 0.4) is 0 Å². The van der Waals surface area contributed by atoms with Crippen molar-refractivity contribution in [2.45, 2.75) is 0 Å². The number of rotatable bonds is 6. The summed E-state index contributed by atoms with van der Waals surface area (Å²) < 4.78 is 11.3. The number of nitrogens with zero attached hydrogens (tertiary/aromatic N) is 1. The molecule has 1 aromatic heterocycles. The molecule has 0 aliphatic rings. The Hall–Kier alpha value is -4.52. The lowest BCUT2D eigenvalue weighted by atomic mass is 9.99. The van der Waals surface area contributed by atoms with Crippen molar-refractivity contribution in [3.05, 3.63) is 95.6 Å². The number of aromatic nitrogens is 1. The van der Waals surface area contributed by atoms with Gasteiger partial charge in [0.05, 0.1) is 31.0 Å². The van der Waals surface area contributed by atoms with Gasteiger partial charge in [0, 0.05) is 11.3 Å². The summed E-state index contributed by atoms with van der Waals surface area (Å²) in [6, 6.07) is 21.7. The molecule has 3 aromatic carbocycles. The highest BCUT2D eigenvalue weighted by molar-refractivity contribution is 6.15. The predicted molar refractivity (Wildman–Crippen MR) is 122 cm³/mol. The maximum Gasteiger partial charge on any atom is 0.337 e. The number of ether oxygens (including phenoxy) is 2. The minimum Gasteiger partial charge on any atom is -0.503 e. The number of methoxy groups -OCH3 is 2. The number of hydrogen-bond donors (Lipinski definition) is 2. The highest BCUT2D eigenvalue weighted by Crippen LogP contribution is 2.44. The molecule has 0 radical (unpaired) electrons. The normalized spacial score (nSPS) is 10.6. The number of benzene rings is 3. The quantitative estimate of drug-likeness (QED) is 0.334. The van der Waals surface area contributed by atoms with Crippen molar-refractivity contribution in [1.82, 2.24) is 4.57 Å². The average Bonchev–Trinajstić information content (AvgIpc) is 3.14. The summed E-state index contributed by atoms with van der Waals surface area (Å²) in [6.07, 6.45) is 0. The summed E-state index contributed by atoms with van der Waals surface area (Å²) in [7, 11) is 2.82. The van der Waals surface area contributed by atoms with Crippen molar-refractivity contribution in [3.8, 4) is 34.3 Å².